The highest BCUT2D eigenvalue weighted by atomic mass is 16.3. The predicted molar refractivity (Wildman–Crippen MR) is 77.5 cm³/mol. The van der Waals surface area contributed by atoms with Crippen molar-refractivity contribution in [2.24, 2.45) is 0 Å². The van der Waals surface area contributed by atoms with Gasteiger partial charge in [-0.05, 0) is 31.7 Å². The van der Waals surface area contributed by atoms with Gasteiger partial charge in [-0.25, -0.2) is 0 Å². The Morgan fingerprint density at radius 3 is 2.60 bits per heavy atom. The monoisotopic (exact) mass is 278 g/mol. The van der Waals surface area contributed by atoms with Gasteiger partial charge in [-0.3, -0.25) is 4.68 Å². The van der Waals surface area contributed by atoms with Crippen LogP contribution in [0.3, 0.4) is 0 Å². The van der Waals surface area contributed by atoms with Crippen LogP contribution in [0.2, 0.25) is 0 Å². The van der Waals surface area contributed by atoms with Crippen molar-refractivity contribution in [3.8, 4) is 0 Å². The zero-order chi connectivity index (χ0) is 14.0. The summed E-state index contributed by atoms with van der Waals surface area (Å²) in [5, 5.41) is 25.5. The van der Waals surface area contributed by atoms with Crippen molar-refractivity contribution in [2.45, 2.75) is 82.0 Å². The lowest BCUT2D eigenvalue weighted by Crippen LogP contribution is -2.45. The molecule has 1 aromatic heterocycles. The fraction of sp³-hybridized carbons (Fsp3) is 0.812. The van der Waals surface area contributed by atoms with Gasteiger partial charge in [0.1, 0.15) is 0 Å². The van der Waals surface area contributed by atoms with E-state index in [0.717, 1.165) is 31.4 Å². The van der Waals surface area contributed by atoms with Crippen molar-refractivity contribution < 1.29 is 10.2 Å². The van der Waals surface area contributed by atoms with Gasteiger partial charge in [0.2, 0.25) is 0 Å². The minimum absolute atomic E-state index is 0.468. The van der Waals surface area contributed by atoms with Crippen molar-refractivity contribution in [3.05, 3.63) is 18.0 Å². The Kier molecular flexibility index (Phi) is 4.13. The SMILES string of the molecule is OC(Cc1ccn(C2CCCC2)n1)C1(O)CCCCC1. The summed E-state index contributed by atoms with van der Waals surface area (Å²) in [6.07, 6.45) is 11.5. The van der Waals surface area contributed by atoms with E-state index in [-0.39, 0.29) is 0 Å². The van der Waals surface area contributed by atoms with E-state index in [4.69, 9.17) is 0 Å². The molecule has 0 radical (unpaired) electrons. The lowest BCUT2D eigenvalue weighted by molar-refractivity contribution is -0.0964. The molecule has 1 atom stereocenters. The molecule has 0 saturated heterocycles. The van der Waals surface area contributed by atoms with Gasteiger partial charge in [0.05, 0.1) is 23.4 Å². The van der Waals surface area contributed by atoms with Gasteiger partial charge in [0, 0.05) is 12.6 Å². The van der Waals surface area contributed by atoms with E-state index in [1.807, 2.05) is 12.3 Å². The molecule has 20 heavy (non-hydrogen) atoms. The van der Waals surface area contributed by atoms with E-state index < -0.39 is 11.7 Å². The third kappa shape index (κ3) is 2.91. The number of hydrogen-bond donors (Lipinski definition) is 2. The van der Waals surface area contributed by atoms with Gasteiger partial charge >= 0.3 is 0 Å². The van der Waals surface area contributed by atoms with E-state index >= 15 is 0 Å². The van der Waals surface area contributed by atoms with Crippen molar-refractivity contribution in [2.75, 3.05) is 0 Å². The van der Waals surface area contributed by atoms with E-state index in [9.17, 15) is 10.2 Å². The van der Waals surface area contributed by atoms with Gasteiger partial charge in [-0.15, -0.1) is 0 Å². The minimum atomic E-state index is -0.893. The zero-order valence-electron chi connectivity index (χ0n) is 12.2. The Morgan fingerprint density at radius 2 is 1.90 bits per heavy atom. The minimum Gasteiger partial charge on any atom is -0.390 e. The largest absolute Gasteiger partial charge is 0.390 e. The summed E-state index contributed by atoms with van der Waals surface area (Å²) < 4.78 is 2.06. The van der Waals surface area contributed by atoms with Crippen LogP contribution in [0.4, 0.5) is 0 Å². The first-order valence-corrected chi connectivity index (χ1v) is 8.12. The van der Waals surface area contributed by atoms with Crippen molar-refractivity contribution in [1.29, 1.82) is 0 Å². The highest BCUT2D eigenvalue weighted by molar-refractivity contribution is 5.05. The van der Waals surface area contributed by atoms with Crippen LogP contribution < -0.4 is 0 Å². The number of hydrogen-bond acceptors (Lipinski definition) is 3. The molecule has 0 aliphatic heterocycles. The average molecular weight is 278 g/mol. The Labute approximate surface area is 120 Å². The molecule has 112 valence electrons. The summed E-state index contributed by atoms with van der Waals surface area (Å²) in [5.74, 6) is 0. The van der Waals surface area contributed by atoms with Crippen molar-refractivity contribution in [3.63, 3.8) is 0 Å². The Morgan fingerprint density at radius 1 is 1.20 bits per heavy atom. The number of aliphatic hydroxyl groups is 2. The average Bonchev–Trinajstić information content (AvgIpc) is 3.09. The van der Waals surface area contributed by atoms with Gasteiger partial charge in [0.25, 0.3) is 0 Å². The Bertz CT molecular complexity index is 431. The topological polar surface area (TPSA) is 58.3 Å². The van der Waals surface area contributed by atoms with Crippen LogP contribution >= 0.6 is 0 Å². The third-order valence-corrected chi connectivity index (χ3v) is 5.10. The lowest BCUT2D eigenvalue weighted by atomic mass is 9.79. The van der Waals surface area contributed by atoms with Crippen LogP contribution in [0, 0.1) is 0 Å². The van der Waals surface area contributed by atoms with Crippen LogP contribution in [0.15, 0.2) is 12.3 Å². The number of aliphatic hydroxyl groups excluding tert-OH is 1. The molecule has 1 heterocycles. The van der Waals surface area contributed by atoms with Gasteiger partial charge < -0.3 is 10.2 Å². The summed E-state index contributed by atoms with van der Waals surface area (Å²) in [7, 11) is 0. The highest BCUT2D eigenvalue weighted by Gasteiger charge is 2.37. The first-order valence-electron chi connectivity index (χ1n) is 8.12. The van der Waals surface area contributed by atoms with Crippen molar-refractivity contribution >= 4 is 0 Å². The van der Waals surface area contributed by atoms with Crippen molar-refractivity contribution in [1.82, 2.24) is 9.78 Å². The zero-order valence-corrected chi connectivity index (χ0v) is 12.2. The molecule has 1 aromatic rings. The summed E-state index contributed by atoms with van der Waals surface area (Å²) in [6.45, 7) is 0. The highest BCUT2D eigenvalue weighted by Crippen LogP contribution is 2.32. The molecule has 2 fully saturated rings. The van der Waals surface area contributed by atoms with E-state index in [1.165, 1.54) is 32.1 Å². The van der Waals surface area contributed by atoms with E-state index in [0.29, 0.717) is 12.5 Å². The lowest BCUT2D eigenvalue weighted by Gasteiger charge is -2.36. The molecule has 4 nitrogen and oxygen atoms in total. The summed E-state index contributed by atoms with van der Waals surface area (Å²) >= 11 is 0. The quantitative estimate of drug-likeness (QED) is 0.890. The fourth-order valence-corrected chi connectivity index (χ4v) is 3.74. The molecule has 0 aromatic carbocycles. The standard InChI is InChI=1S/C16H26N2O2/c19-15(16(20)9-4-1-5-10-16)12-13-8-11-18(17-13)14-6-2-3-7-14/h8,11,14-15,19-20H,1-7,9-10,12H2. The maximum absolute atomic E-state index is 10.5. The summed E-state index contributed by atoms with van der Waals surface area (Å²) in [6, 6.07) is 2.53. The second-order valence-corrected chi connectivity index (χ2v) is 6.61. The van der Waals surface area contributed by atoms with Crippen LogP contribution in [0.5, 0.6) is 0 Å². The molecular formula is C16H26N2O2. The number of aromatic nitrogens is 2. The first-order chi connectivity index (χ1) is 9.67. The van der Waals surface area contributed by atoms with Gasteiger partial charge in [-0.1, -0.05) is 32.1 Å². The molecular weight excluding hydrogens is 252 g/mol. The van der Waals surface area contributed by atoms with E-state index in [1.54, 1.807) is 0 Å². The van der Waals surface area contributed by atoms with E-state index in [2.05, 4.69) is 9.78 Å². The Balaban J connectivity index is 1.62. The fourth-order valence-electron chi connectivity index (χ4n) is 3.74. The molecule has 3 rings (SSSR count). The molecule has 2 saturated carbocycles. The molecule has 2 N–H and O–H groups in total. The number of nitrogens with zero attached hydrogens (tertiary/aromatic N) is 2. The maximum Gasteiger partial charge on any atom is 0.0909 e. The predicted octanol–water partition coefficient (Wildman–Crippen LogP) is 2.60. The van der Waals surface area contributed by atoms with Gasteiger partial charge in [-0.2, -0.15) is 5.10 Å². The molecule has 2 aliphatic carbocycles. The van der Waals surface area contributed by atoms with Crippen LogP contribution in [-0.4, -0.2) is 31.7 Å². The molecule has 0 bridgehead atoms. The summed E-state index contributed by atoms with van der Waals surface area (Å²) in [5.41, 5.74) is 0.0125. The third-order valence-electron chi connectivity index (χ3n) is 5.10. The molecule has 4 heteroatoms. The maximum atomic E-state index is 10.5. The van der Waals surface area contributed by atoms with Crippen LogP contribution in [0.25, 0.3) is 0 Å². The normalized spacial score (nSPS) is 24.9. The smallest absolute Gasteiger partial charge is 0.0909 e. The molecule has 2 aliphatic rings. The second kappa shape index (κ2) is 5.86. The molecule has 0 spiro atoms. The molecule has 0 amide bonds. The number of rotatable bonds is 4. The van der Waals surface area contributed by atoms with Crippen LogP contribution in [0.1, 0.15) is 69.5 Å². The first kappa shape index (κ1) is 14.1. The van der Waals surface area contributed by atoms with Gasteiger partial charge in [0.15, 0.2) is 0 Å². The Hall–Kier alpha value is -0.870. The molecule has 1 unspecified atom stereocenters. The summed E-state index contributed by atoms with van der Waals surface area (Å²) in [4.78, 5) is 0. The second-order valence-electron chi connectivity index (χ2n) is 6.61. The van der Waals surface area contributed by atoms with Crippen LogP contribution in [-0.2, 0) is 6.42 Å².